The summed E-state index contributed by atoms with van der Waals surface area (Å²) in [4.78, 5) is 3.34. The fraction of sp³-hybridized carbons (Fsp3) is 0.200. The molecule has 98 valence electrons. The second-order valence-electron chi connectivity index (χ2n) is 4.58. The van der Waals surface area contributed by atoms with Gasteiger partial charge in [-0.2, -0.15) is 0 Å². The zero-order valence-electron chi connectivity index (χ0n) is 10.6. The van der Waals surface area contributed by atoms with Crippen LogP contribution in [0.1, 0.15) is 24.4 Å². The van der Waals surface area contributed by atoms with E-state index in [1.807, 2.05) is 36.4 Å². The molecule has 0 aliphatic carbocycles. The van der Waals surface area contributed by atoms with Gasteiger partial charge in [0.05, 0.1) is 17.3 Å². The second kappa shape index (κ2) is 5.11. The minimum absolute atomic E-state index is 0.150. The van der Waals surface area contributed by atoms with Gasteiger partial charge in [-0.05, 0) is 25.1 Å². The Hall–Kier alpha value is -1.71. The number of nitrogens with one attached hydrogen (secondary N) is 2. The van der Waals surface area contributed by atoms with Gasteiger partial charge in [-0.25, -0.2) is 0 Å². The van der Waals surface area contributed by atoms with Gasteiger partial charge in [0.1, 0.15) is 5.76 Å². The van der Waals surface area contributed by atoms with Crippen LogP contribution >= 0.6 is 11.6 Å². The van der Waals surface area contributed by atoms with Gasteiger partial charge in [-0.1, -0.05) is 29.8 Å². The highest BCUT2D eigenvalue weighted by Crippen LogP contribution is 2.27. The first-order chi connectivity index (χ1) is 9.25. The standard InChI is InChI=1S/C15H15ClN2O/c1-10(14-7-4-8-19-14)17-9-13-15(16)11-5-2-3-6-12(11)18-13/h2-8,10,17-18H,9H2,1H3/t10-/m0/s1. The summed E-state index contributed by atoms with van der Waals surface area (Å²) in [6, 6.07) is 12.0. The first-order valence-corrected chi connectivity index (χ1v) is 6.65. The van der Waals surface area contributed by atoms with Crippen molar-refractivity contribution in [3.8, 4) is 0 Å². The van der Waals surface area contributed by atoms with Gasteiger partial charge in [-0.3, -0.25) is 0 Å². The van der Waals surface area contributed by atoms with Crippen LogP contribution < -0.4 is 5.32 Å². The number of benzene rings is 1. The highest BCUT2D eigenvalue weighted by atomic mass is 35.5. The number of halogens is 1. The van der Waals surface area contributed by atoms with Gasteiger partial charge in [-0.15, -0.1) is 0 Å². The number of aromatic nitrogens is 1. The van der Waals surface area contributed by atoms with Crippen LogP contribution in [-0.4, -0.2) is 4.98 Å². The summed E-state index contributed by atoms with van der Waals surface area (Å²) in [5.41, 5.74) is 2.07. The van der Waals surface area contributed by atoms with E-state index in [1.165, 1.54) is 0 Å². The van der Waals surface area contributed by atoms with Crippen molar-refractivity contribution in [2.75, 3.05) is 0 Å². The summed E-state index contributed by atoms with van der Waals surface area (Å²) in [7, 11) is 0. The van der Waals surface area contributed by atoms with E-state index in [0.717, 1.165) is 27.4 Å². The molecular formula is C15H15ClN2O. The van der Waals surface area contributed by atoms with Gasteiger partial charge >= 0.3 is 0 Å². The van der Waals surface area contributed by atoms with Crippen molar-refractivity contribution in [2.24, 2.45) is 0 Å². The molecule has 0 fully saturated rings. The quantitative estimate of drug-likeness (QED) is 0.746. The second-order valence-corrected chi connectivity index (χ2v) is 4.96. The molecule has 0 bridgehead atoms. The van der Waals surface area contributed by atoms with E-state index in [1.54, 1.807) is 6.26 Å². The number of furan rings is 1. The van der Waals surface area contributed by atoms with Crippen LogP contribution in [0.2, 0.25) is 5.02 Å². The Balaban J connectivity index is 1.77. The van der Waals surface area contributed by atoms with Gasteiger partial charge in [0, 0.05) is 23.1 Å². The highest BCUT2D eigenvalue weighted by Gasteiger charge is 2.11. The van der Waals surface area contributed by atoms with E-state index in [4.69, 9.17) is 16.0 Å². The summed E-state index contributed by atoms with van der Waals surface area (Å²) < 4.78 is 5.37. The molecule has 2 aromatic heterocycles. The average Bonchev–Trinajstić information content (AvgIpc) is 3.05. The highest BCUT2D eigenvalue weighted by molar-refractivity contribution is 6.36. The summed E-state index contributed by atoms with van der Waals surface area (Å²) in [5, 5.41) is 5.24. The number of fused-ring (bicyclic) bond motifs is 1. The van der Waals surface area contributed by atoms with Crippen molar-refractivity contribution < 1.29 is 4.42 Å². The molecule has 4 heteroatoms. The maximum absolute atomic E-state index is 6.37. The molecule has 0 saturated carbocycles. The molecule has 19 heavy (non-hydrogen) atoms. The number of rotatable bonds is 4. The third-order valence-corrected chi connectivity index (χ3v) is 3.70. The zero-order chi connectivity index (χ0) is 13.2. The molecule has 0 radical (unpaired) electrons. The molecule has 0 aliphatic rings. The SMILES string of the molecule is C[C@H](NCc1[nH]c2ccccc2c1Cl)c1ccco1. The van der Waals surface area contributed by atoms with E-state index in [0.29, 0.717) is 6.54 Å². The van der Waals surface area contributed by atoms with Crippen LogP contribution in [0.25, 0.3) is 10.9 Å². The molecule has 0 aliphatic heterocycles. The van der Waals surface area contributed by atoms with Gasteiger partial charge in [0.2, 0.25) is 0 Å². The molecule has 0 saturated heterocycles. The summed E-state index contributed by atoms with van der Waals surface area (Å²) in [6.45, 7) is 2.74. The Morgan fingerprint density at radius 1 is 1.26 bits per heavy atom. The lowest BCUT2D eigenvalue weighted by Crippen LogP contribution is -2.17. The lowest BCUT2D eigenvalue weighted by Gasteiger charge is -2.10. The Bertz CT molecular complexity index is 673. The van der Waals surface area contributed by atoms with Crippen molar-refractivity contribution in [1.29, 1.82) is 0 Å². The third-order valence-electron chi connectivity index (χ3n) is 3.27. The van der Waals surface area contributed by atoms with Crippen molar-refractivity contribution in [3.05, 3.63) is 59.1 Å². The molecule has 1 atom stereocenters. The monoisotopic (exact) mass is 274 g/mol. The molecule has 0 spiro atoms. The Morgan fingerprint density at radius 3 is 2.84 bits per heavy atom. The maximum atomic E-state index is 6.37. The van der Waals surface area contributed by atoms with E-state index >= 15 is 0 Å². The minimum atomic E-state index is 0.150. The van der Waals surface area contributed by atoms with Crippen LogP contribution in [0, 0.1) is 0 Å². The number of hydrogen-bond acceptors (Lipinski definition) is 2. The number of aromatic amines is 1. The summed E-state index contributed by atoms with van der Waals surface area (Å²) in [6.07, 6.45) is 1.68. The molecule has 2 heterocycles. The van der Waals surface area contributed by atoms with Crippen LogP contribution in [0.15, 0.2) is 47.1 Å². The fourth-order valence-corrected chi connectivity index (χ4v) is 2.46. The average molecular weight is 275 g/mol. The number of H-pyrrole nitrogens is 1. The largest absolute Gasteiger partial charge is 0.468 e. The Labute approximate surface area is 116 Å². The normalized spacial score (nSPS) is 12.9. The van der Waals surface area contributed by atoms with Crippen molar-refractivity contribution in [2.45, 2.75) is 19.5 Å². The summed E-state index contributed by atoms with van der Waals surface area (Å²) >= 11 is 6.37. The van der Waals surface area contributed by atoms with Gasteiger partial charge in [0.25, 0.3) is 0 Å². The molecule has 3 aromatic rings. The zero-order valence-corrected chi connectivity index (χ0v) is 11.4. The molecule has 0 unspecified atom stereocenters. The molecule has 1 aromatic carbocycles. The van der Waals surface area contributed by atoms with Gasteiger partial charge < -0.3 is 14.7 Å². The van der Waals surface area contributed by atoms with Crippen molar-refractivity contribution in [3.63, 3.8) is 0 Å². The van der Waals surface area contributed by atoms with Crippen molar-refractivity contribution >= 4 is 22.5 Å². The van der Waals surface area contributed by atoms with E-state index in [2.05, 4.69) is 17.2 Å². The lowest BCUT2D eigenvalue weighted by atomic mass is 10.2. The van der Waals surface area contributed by atoms with Gasteiger partial charge in [0.15, 0.2) is 0 Å². The van der Waals surface area contributed by atoms with Crippen LogP contribution in [-0.2, 0) is 6.54 Å². The first-order valence-electron chi connectivity index (χ1n) is 6.27. The number of hydrogen-bond donors (Lipinski definition) is 2. The molecule has 0 amide bonds. The van der Waals surface area contributed by atoms with E-state index < -0.39 is 0 Å². The van der Waals surface area contributed by atoms with Crippen LogP contribution in [0.3, 0.4) is 0 Å². The molecule has 3 rings (SSSR count). The Morgan fingerprint density at radius 2 is 2.11 bits per heavy atom. The maximum Gasteiger partial charge on any atom is 0.120 e. The van der Waals surface area contributed by atoms with E-state index in [9.17, 15) is 0 Å². The Kier molecular flexibility index (Phi) is 3.32. The molecule has 3 nitrogen and oxygen atoms in total. The third kappa shape index (κ3) is 2.39. The smallest absolute Gasteiger partial charge is 0.120 e. The summed E-state index contributed by atoms with van der Waals surface area (Å²) in [5.74, 6) is 0.923. The lowest BCUT2D eigenvalue weighted by molar-refractivity contribution is 0.429. The van der Waals surface area contributed by atoms with Crippen molar-refractivity contribution in [1.82, 2.24) is 10.3 Å². The topological polar surface area (TPSA) is 41.0 Å². The van der Waals surface area contributed by atoms with Crippen LogP contribution in [0.5, 0.6) is 0 Å². The number of para-hydroxylation sites is 1. The first kappa shape index (κ1) is 12.3. The fourth-order valence-electron chi connectivity index (χ4n) is 2.18. The van der Waals surface area contributed by atoms with E-state index in [-0.39, 0.29) is 6.04 Å². The predicted molar refractivity (Wildman–Crippen MR) is 77.3 cm³/mol. The molecule has 2 N–H and O–H groups in total. The van der Waals surface area contributed by atoms with Crippen LogP contribution in [0.4, 0.5) is 0 Å². The predicted octanol–water partition coefficient (Wildman–Crippen LogP) is 4.27. The minimum Gasteiger partial charge on any atom is -0.468 e. The molecular weight excluding hydrogens is 260 g/mol.